The lowest BCUT2D eigenvalue weighted by Gasteiger charge is -2.39. The Balaban J connectivity index is 1.30. The van der Waals surface area contributed by atoms with E-state index in [9.17, 15) is 19.2 Å². The average Bonchev–Trinajstić information content (AvgIpc) is 3.56. The van der Waals surface area contributed by atoms with Crippen molar-refractivity contribution in [1.82, 2.24) is 14.7 Å². The summed E-state index contributed by atoms with van der Waals surface area (Å²) in [7, 11) is 0. The number of piperidine rings is 2. The van der Waals surface area contributed by atoms with Crippen molar-refractivity contribution < 1.29 is 19.2 Å². The summed E-state index contributed by atoms with van der Waals surface area (Å²) in [6, 6.07) is 9.29. The average molecular weight is 537 g/mol. The third-order valence-corrected chi connectivity index (χ3v) is 9.00. The van der Waals surface area contributed by atoms with Gasteiger partial charge in [0.05, 0.1) is 35.2 Å². The zero-order valence-corrected chi connectivity index (χ0v) is 23.0. The van der Waals surface area contributed by atoms with Gasteiger partial charge in [0, 0.05) is 44.1 Å². The Hall–Kier alpha value is -3.20. The van der Waals surface area contributed by atoms with Gasteiger partial charge in [-0.3, -0.25) is 24.1 Å². The topological polar surface area (TPSA) is 81.2 Å². The number of rotatable bonds is 7. The van der Waals surface area contributed by atoms with Crippen LogP contribution in [0, 0.1) is 11.8 Å². The molecule has 9 heteroatoms. The van der Waals surface area contributed by atoms with Crippen LogP contribution in [-0.2, 0) is 16.1 Å². The van der Waals surface area contributed by atoms with Crippen LogP contribution >= 0.6 is 11.3 Å². The minimum absolute atomic E-state index is 0.0982. The number of likely N-dealkylation sites (tertiary alicyclic amines) is 1. The molecule has 8 nitrogen and oxygen atoms in total. The summed E-state index contributed by atoms with van der Waals surface area (Å²) in [4.78, 5) is 61.3. The highest BCUT2D eigenvalue weighted by molar-refractivity contribution is 7.09. The lowest BCUT2D eigenvalue weighted by molar-refractivity contribution is -0.142. The van der Waals surface area contributed by atoms with E-state index in [-0.39, 0.29) is 42.0 Å². The summed E-state index contributed by atoms with van der Waals surface area (Å²) in [5, 5.41) is 1.94. The Morgan fingerprint density at radius 3 is 2.45 bits per heavy atom. The summed E-state index contributed by atoms with van der Waals surface area (Å²) in [5.74, 6) is -0.619. The third kappa shape index (κ3) is 4.96. The highest BCUT2D eigenvalue weighted by Gasteiger charge is 2.40. The first kappa shape index (κ1) is 26.4. The molecule has 2 fully saturated rings. The summed E-state index contributed by atoms with van der Waals surface area (Å²) in [6.07, 6.45) is 3.27. The molecule has 0 aliphatic carbocycles. The van der Waals surface area contributed by atoms with Gasteiger partial charge in [0.1, 0.15) is 0 Å². The molecule has 2 atom stereocenters. The Kier molecular flexibility index (Phi) is 7.83. The van der Waals surface area contributed by atoms with Crippen molar-refractivity contribution in [2.75, 3.05) is 44.2 Å². The zero-order valence-electron chi connectivity index (χ0n) is 22.2. The predicted octanol–water partition coefficient (Wildman–Crippen LogP) is 3.87. The number of nitrogens with zero attached hydrogens (tertiary/aromatic N) is 4. The maximum absolute atomic E-state index is 13.6. The third-order valence-electron chi connectivity index (χ3n) is 8.14. The van der Waals surface area contributed by atoms with Crippen LogP contribution in [0.1, 0.15) is 65.1 Å². The van der Waals surface area contributed by atoms with Gasteiger partial charge in [-0.2, -0.15) is 0 Å². The van der Waals surface area contributed by atoms with Crippen LogP contribution in [0.3, 0.4) is 0 Å². The lowest BCUT2D eigenvalue weighted by atomic mass is 9.91. The second kappa shape index (κ2) is 11.3. The Morgan fingerprint density at radius 2 is 1.71 bits per heavy atom. The zero-order chi connectivity index (χ0) is 26.8. The van der Waals surface area contributed by atoms with Crippen molar-refractivity contribution in [3.05, 3.63) is 51.7 Å². The van der Waals surface area contributed by atoms with E-state index in [0.717, 1.165) is 42.8 Å². The molecule has 4 heterocycles. The number of anilines is 1. The van der Waals surface area contributed by atoms with Crippen LogP contribution in [0.15, 0.2) is 35.7 Å². The van der Waals surface area contributed by atoms with Gasteiger partial charge in [0.15, 0.2) is 0 Å². The van der Waals surface area contributed by atoms with E-state index in [0.29, 0.717) is 43.9 Å². The molecule has 1 aromatic heterocycles. The summed E-state index contributed by atoms with van der Waals surface area (Å²) in [6.45, 7) is 8.03. The highest BCUT2D eigenvalue weighted by Crippen LogP contribution is 2.35. The molecule has 3 aliphatic heterocycles. The standard InChI is InChI=1S/C29H36N4O4S/c1-3-30(4-2)26(34)21-10-7-15-32(18-21)27(35)20-9-6-14-31(17-20)24-13-5-12-23-25(24)29(37)33(28(23)36)19-22-11-8-16-38-22/h5,8,11-13,16,20-21H,3-4,6-7,9-10,14-15,17-19H2,1-2H3/t20-,21-/m1/s1. The van der Waals surface area contributed by atoms with E-state index in [4.69, 9.17) is 0 Å². The monoisotopic (exact) mass is 536 g/mol. The first-order chi connectivity index (χ1) is 18.4. The molecule has 202 valence electrons. The second-order valence-electron chi connectivity index (χ2n) is 10.4. The molecule has 2 aromatic rings. The van der Waals surface area contributed by atoms with Crippen molar-refractivity contribution in [2.24, 2.45) is 11.8 Å². The quantitative estimate of drug-likeness (QED) is 0.502. The molecule has 0 saturated carbocycles. The van der Waals surface area contributed by atoms with Gasteiger partial charge >= 0.3 is 0 Å². The van der Waals surface area contributed by atoms with Crippen molar-refractivity contribution in [3.8, 4) is 0 Å². The van der Waals surface area contributed by atoms with Crippen LogP contribution < -0.4 is 4.90 Å². The molecule has 5 rings (SSSR count). The van der Waals surface area contributed by atoms with Crippen LogP contribution in [0.4, 0.5) is 5.69 Å². The number of carbonyl (C=O) groups is 4. The van der Waals surface area contributed by atoms with Crippen LogP contribution in [-0.4, -0.2) is 77.6 Å². The fraction of sp³-hybridized carbons (Fsp3) is 0.517. The molecule has 0 unspecified atom stereocenters. The number of benzene rings is 1. The van der Waals surface area contributed by atoms with E-state index in [1.54, 1.807) is 6.07 Å². The molecule has 0 bridgehead atoms. The molecule has 3 aliphatic rings. The summed E-state index contributed by atoms with van der Waals surface area (Å²) >= 11 is 1.53. The highest BCUT2D eigenvalue weighted by atomic mass is 32.1. The largest absolute Gasteiger partial charge is 0.370 e. The SMILES string of the molecule is CCN(CC)C(=O)[C@@H]1CCCN(C(=O)[C@@H]2CCCN(c3cccc4c3C(=O)N(Cc3cccs3)C4=O)C2)C1. The number of amides is 4. The van der Waals surface area contributed by atoms with Crippen molar-refractivity contribution >= 4 is 40.7 Å². The van der Waals surface area contributed by atoms with Gasteiger partial charge in [-0.05, 0) is 63.1 Å². The number of imide groups is 1. The van der Waals surface area contributed by atoms with Gasteiger partial charge in [-0.15, -0.1) is 11.3 Å². The van der Waals surface area contributed by atoms with Crippen molar-refractivity contribution in [3.63, 3.8) is 0 Å². The van der Waals surface area contributed by atoms with Gasteiger partial charge in [0.2, 0.25) is 11.8 Å². The van der Waals surface area contributed by atoms with Gasteiger partial charge in [-0.25, -0.2) is 0 Å². The molecule has 0 radical (unpaired) electrons. The van der Waals surface area contributed by atoms with E-state index >= 15 is 0 Å². The van der Waals surface area contributed by atoms with Crippen molar-refractivity contribution in [1.29, 1.82) is 0 Å². The second-order valence-corrected chi connectivity index (χ2v) is 11.4. The number of carbonyl (C=O) groups excluding carboxylic acids is 4. The minimum Gasteiger partial charge on any atom is -0.370 e. The maximum atomic E-state index is 13.6. The fourth-order valence-electron chi connectivity index (χ4n) is 6.11. The molecule has 0 N–H and O–H groups in total. The van der Waals surface area contributed by atoms with Gasteiger partial charge in [0.25, 0.3) is 11.8 Å². The molecular weight excluding hydrogens is 500 g/mol. The summed E-state index contributed by atoms with van der Waals surface area (Å²) < 4.78 is 0. The van der Waals surface area contributed by atoms with E-state index in [1.807, 2.05) is 53.3 Å². The first-order valence-electron chi connectivity index (χ1n) is 13.8. The lowest BCUT2D eigenvalue weighted by Crippen LogP contribution is -2.50. The number of hydrogen-bond donors (Lipinski definition) is 0. The Morgan fingerprint density at radius 1 is 0.947 bits per heavy atom. The normalized spacial score (nSPS) is 21.6. The Bertz CT molecular complexity index is 1210. The minimum atomic E-state index is -0.267. The number of fused-ring (bicyclic) bond motifs is 1. The van der Waals surface area contributed by atoms with Crippen molar-refractivity contribution in [2.45, 2.75) is 46.1 Å². The molecule has 0 spiro atoms. The predicted molar refractivity (Wildman–Crippen MR) is 147 cm³/mol. The van der Waals surface area contributed by atoms with Gasteiger partial charge in [-0.1, -0.05) is 12.1 Å². The van der Waals surface area contributed by atoms with Crippen LogP contribution in [0.2, 0.25) is 0 Å². The fourth-order valence-corrected chi connectivity index (χ4v) is 6.80. The number of thiophene rings is 1. The molecule has 2 saturated heterocycles. The molecular formula is C29H36N4O4S. The van der Waals surface area contributed by atoms with E-state index in [1.165, 1.54) is 16.2 Å². The van der Waals surface area contributed by atoms with Crippen LogP contribution in [0.5, 0.6) is 0 Å². The maximum Gasteiger partial charge on any atom is 0.264 e. The molecule has 4 amide bonds. The first-order valence-corrected chi connectivity index (χ1v) is 14.6. The van der Waals surface area contributed by atoms with Crippen LogP contribution in [0.25, 0.3) is 0 Å². The summed E-state index contributed by atoms with van der Waals surface area (Å²) in [5.41, 5.74) is 1.62. The van der Waals surface area contributed by atoms with E-state index in [2.05, 4.69) is 4.90 Å². The number of hydrogen-bond acceptors (Lipinski definition) is 6. The Labute approximate surface area is 228 Å². The van der Waals surface area contributed by atoms with Gasteiger partial charge < -0.3 is 14.7 Å². The molecule has 1 aromatic carbocycles. The molecule has 38 heavy (non-hydrogen) atoms. The van der Waals surface area contributed by atoms with E-state index < -0.39 is 0 Å². The smallest absolute Gasteiger partial charge is 0.264 e.